The van der Waals surface area contributed by atoms with Crippen molar-refractivity contribution < 1.29 is 13.9 Å². The molecule has 0 bridgehead atoms. The molecule has 0 spiro atoms. The van der Waals surface area contributed by atoms with Gasteiger partial charge in [0, 0.05) is 23.6 Å². The average molecular weight is 408 g/mol. The lowest BCUT2D eigenvalue weighted by Gasteiger charge is -2.07. The van der Waals surface area contributed by atoms with Gasteiger partial charge in [0.2, 0.25) is 0 Å². The van der Waals surface area contributed by atoms with Gasteiger partial charge in [-0.25, -0.2) is 9.18 Å². The number of allylic oxidation sites excluding steroid dienone is 1. The summed E-state index contributed by atoms with van der Waals surface area (Å²) in [5.74, 6) is -0.545. The molecule has 4 rings (SSSR count). The number of nitriles is 1. The Morgan fingerprint density at radius 1 is 0.903 bits per heavy atom. The SMILES string of the molecule is N#C/C(=C/c1ccc(OC(=O)c2ccc(-n3cccc3)cc2)cc1)c1ccccc1F. The van der Waals surface area contributed by atoms with Crippen molar-refractivity contribution in [2.45, 2.75) is 0 Å². The number of rotatable bonds is 5. The fourth-order valence-corrected chi connectivity index (χ4v) is 3.09. The number of halogens is 1. The van der Waals surface area contributed by atoms with Gasteiger partial charge in [0.05, 0.1) is 17.2 Å². The first kappa shape index (κ1) is 19.9. The predicted molar refractivity (Wildman–Crippen MR) is 117 cm³/mol. The number of benzene rings is 3. The summed E-state index contributed by atoms with van der Waals surface area (Å²) >= 11 is 0. The molecule has 0 unspecified atom stereocenters. The quantitative estimate of drug-likeness (QED) is 0.179. The molecule has 0 saturated carbocycles. The predicted octanol–water partition coefficient (Wildman–Crippen LogP) is 5.90. The van der Waals surface area contributed by atoms with Crippen LogP contribution in [-0.4, -0.2) is 10.5 Å². The van der Waals surface area contributed by atoms with Gasteiger partial charge in [-0.3, -0.25) is 0 Å². The van der Waals surface area contributed by atoms with Crippen molar-refractivity contribution in [3.8, 4) is 17.5 Å². The van der Waals surface area contributed by atoms with Gasteiger partial charge < -0.3 is 9.30 Å². The number of hydrogen-bond acceptors (Lipinski definition) is 3. The van der Waals surface area contributed by atoms with Crippen LogP contribution < -0.4 is 4.74 Å². The van der Waals surface area contributed by atoms with Gasteiger partial charge >= 0.3 is 5.97 Å². The number of esters is 1. The second-order valence-electron chi connectivity index (χ2n) is 6.75. The summed E-state index contributed by atoms with van der Waals surface area (Å²) in [7, 11) is 0. The summed E-state index contributed by atoms with van der Waals surface area (Å²) in [5.41, 5.74) is 2.53. The molecule has 150 valence electrons. The molecule has 5 heteroatoms. The fraction of sp³-hybridized carbons (Fsp3) is 0. The Morgan fingerprint density at radius 2 is 1.58 bits per heavy atom. The summed E-state index contributed by atoms with van der Waals surface area (Å²) < 4.78 is 21.3. The molecule has 0 fully saturated rings. The molecule has 31 heavy (non-hydrogen) atoms. The van der Waals surface area contributed by atoms with E-state index in [2.05, 4.69) is 0 Å². The summed E-state index contributed by atoms with van der Waals surface area (Å²) in [6.45, 7) is 0. The van der Waals surface area contributed by atoms with Crippen LogP contribution in [0.25, 0.3) is 17.3 Å². The Labute approximate surface area is 179 Å². The van der Waals surface area contributed by atoms with Crippen molar-refractivity contribution in [1.29, 1.82) is 5.26 Å². The van der Waals surface area contributed by atoms with Gasteiger partial charge in [-0.2, -0.15) is 5.26 Å². The highest BCUT2D eigenvalue weighted by molar-refractivity contribution is 5.92. The van der Waals surface area contributed by atoms with Crippen molar-refractivity contribution in [3.05, 3.63) is 120 Å². The summed E-state index contributed by atoms with van der Waals surface area (Å²) in [6, 6.07) is 25.8. The molecular formula is C26H17FN2O2. The van der Waals surface area contributed by atoms with Crippen molar-refractivity contribution in [2.24, 2.45) is 0 Å². The zero-order valence-corrected chi connectivity index (χ0v) is 16.4. The highest BCUT2D eigenvalue weighted by Crippen LogP contribution is 2.22. The maximum Gasteiger partial charge on any atom is 0.343 e. The van der Waals surface area contributed by atoms with Crippen LogP contribution in [0.5, 0.6) is 5.75 Å². The third kappa shape index (κ3) is 4.60. The smallest absolute Gasteiger partial charge is 0.343 e. The largest absolute Gasteiger partial charge is 0.423 e. The molecule has 1 aromatic heterocycles. The maximum absolute atomic E-state index is 14.0. The molecule has 1 heterocycles. The van der Waals surface area contributed by atoms with Crippen LogP contribution >= 0.6 is 0 Å². The third-order valence-corrected chi connectivity index (χ3v) is 4.69. The van der Waals surface area contributed by atoms with Crippen LogP contribution in [0.15, 0.2) is 97.3 Å². The zero-order valence-electron chi connectivity index (χ0n) is 16.4. The number of hydrogen-bond donors (Lipinski definition) is 0. The minimum atomic E-state index is -0.466. The molecule has 0 aliphatic rings. The highest BCUT2D eigenvalue weighted by Gasteiger charge is 2.10. The van der Waals surface area contributed by atoms with Gasteiger partial charge in [0.25, 0.3) is 0 Å². The topological polar surface area (TPSA) is 55.0 Å². The van der Waals surface area contributed by atoms with Crippen molar-refractivity contribution >= 4 is 17.6 Å². The average Bonchev–Trinajstić information content (AvgIpc) is 3.34. The van der Waals surface area contributed by atoms with Crippen molar-refractivity contribution in [2.75, 3.05) is 0 Å². The fourth-order valence-electron chi connectivity index (χ4n) is 3.09. The lowest BCUT2D eigenvalue weighted by Crippen LogP contribution is -2.08. The zero-order chi connectivity index (χ0) is 21.6. The number of aromatic nitrogens is 1. The standard InChI is InChI=1S/C26H17FN2O2/c27-25-6-2-1-5-24(25)21(18-28)17-19-7-13-23(14-8-19)31-26(30)20-9-11-22(12-10-20)29-15-3-4-16-29/h1-17H/b21-17-. The van der Waals surface area contributed by atoms with Gasteiger partial charge in [-0.1, -0.05) is 30.3 Å². The minimum Gasteiger partial charge on any atom is -0.423 e. The van der Waals surface area contributed by atoms with E-state index in [1.165, 1.54) is 6.07 Å². The molecule has 0 aliphatic heterocycles. The Bertz CT molecular complexity index is 1270. The third-order valence-electron chi connectivity index (χ3n) is 4.69. The normalized spacial score (nSPS) is 11.0. The van der Waals surface area contributed by atoms with Crippen LogP contribution in [0.1, 0.15) is 21.5 Å². The molecule has 0 atom stereocenters. The van der Waals surface area contributed by atoms with E-state index in [0.717, 1.165) is 5.69 Å². The Balaban J connectivity index is 1.46. The number of carbonyl (C=O) groups is 1. The van der Waals surface area contributed by atoms with Crippen molar-refractivity contribution in [1.82, 2.24) is 4.57 Å². The molecular weight excluding hydrogens is 391 g/mol. The Hall–Kier alpha value is -4.43. The van der Waals surface area contributed by atoms with Crippen LogP contribution in [0.4, 0.5) is 4.39 Å². The van der Waals surface area contributed by atoms with E-state index >= 15 is 0 Å². The second-order valence-corrected chi connectivity index (χ2v) is 6.75. The van der Waals surface area contributed by atoms with Crippen LogP contribution in [0.2, 0.25) is 0 Å². The lowest BCUT2D eigenvalue weighted by molar-refractivity contribution is 0.0735. The minimum absolute atomic E-state index is 0.214. The van der Waals surface area contributed by atoms with Crippen LogP contribution in [0.3, 0.4) is 0 Å². The Morgan fingerprint density at radius 3 is 2.23 bits per heavy atom. The van der Waals surface area contributed by atoms with Gasteiger partial charge in [0.1, 0.15) is 11.6 Å². The highest BCUT2D eigenvalue weighted by atomic mass is 19.1. The number of carbonyl (C=O) groups excluding carboxylic acids is 1. The first-order chi connectivity index (χ1) is 15.1. The monoisotopic (exact) mass is 408 g/mol. The molecule has 0 saturated heterocycles. The molecule has 0 radical (unpaired) electrons. The molecule has 3 aromatic carbocycles. The molecule has 4 aromatic rings. The Kier molecular flexibility index (Phi) is 5.72. The van der Waals surface area contributed by atoms with Crippen LogP contribution in [0, 0.1) is 17.1 Å². The molecule has 0 aliphatic carbocycles. The first-order valence-electron chi connectivity index (χ1n) is 9.56. The summed E-state index contributed by atoms with van der Waals surface area (Å²) in [6.07, 6.45) is 5.43. The van der Waals surface area contributed by atoms with Crippen LogP contribution in [-0.2, 0) is 0 Å². The molecule has 0 amide bonds. The summed E-state index contributed by atoms with van der Waals surface area (Å²) in [5, 5.41) is 9.39. The molecule has 0 N–H and O–H groups in total. The maximum atomic E-state index is 14.0. The van der Waals surface area contributed by atoms with E-state index < -0.39 is 11.8 Å². The number of nitrogens with zero attached hydrogens (tertiary/aromatic N) is 2. The van der Waals surface area contributed by atoms with E-state index in [-0.39, 0.29) is 11.1 Å². The van der Waals surface area contributed by atoms with E-state index in [0.29, 0.717) is 16.9 Å². The lowest BCUT2D eigenvalue weighted by atomic mass is 10.0. The molecule has 4 nitrogen and oxygen atoms in total. The van der Waals surface area contributed by atoms with Crippen molar-refractivity contribution in [3.63, 3.8) is 0 Å². The first-order valence-corrected chi connectivity index (χ1v) is 9.56. The van der Waals surface area contributed by atoms with E-state index in [1.807, 2.05) is 47.3 Å². The number of ether oxygens (including phenoxy) is 1. The second kappa shape index (κ2) is 8.93. The van der Waals surface area contributed by atoms with E-state index in [9.17, 15) is 14.4 Å². The van der Waals surface area contributed by atoms with Gasteiger partial charge in [0.15, 0.2) is 0 Å². The van der Waals surface area contributed by atoms with Gasteiger partial charge in [-0.15, -0.1) is 0 Å². The van der Waals surface area contributed by atoms with E-state index in [1.54, 1.807) is 60.7 Å². The van der Waals surface area contributed by atoms with Gasteiger partial charge in [-0.05, 0) is 66.2 Å². The van der Waals surface area contributed by atoms with E-state index in [4.69, 9.17) is 4.74 Å². The summed E-state index contributed by atoms with van der Waals surface area (Å²) in [4.78, 5) is 12.4.